The zero-order valence-electron chi connectivity index (χ0n) is 36.7. The minimum absolute atomic E-state index is 0.0697. The highest BCUT2D eigenvalue weighted by molar-refractivity contribution is 5.81. The molecule has 0 atom stereocenters. The summed E-state index contributed by atoms with van der Waals surface area (Å²) in [7, 11) is 1.50. The van der Waals surface area contributed by atoms with Crippen LogP contribution < -0.4 is 14.2 Å². The third-order valence-corrected chi connectivity index (χ3v) is 13.7. The normalized spacial score (nSPS) is 26.1. The first-order valence-corrected chi connectivity index (χ1v) is 23.1. The Labute approximate surface area is 366 Å². The van der Waals surface area contributed by atoms with Crippen LogP contribution in [-0.4, -0.2) is 69.4 Å². The molecule has 4 saturated carbocycles. The number of rotatable bonds is 21. The summed E-state index contributed by atoms with van der Waals surface area (Å²) in [6.45, 7) is 7.96. The molecule has 0 radical (unpaired) electrons. The summed E-state index contributed by atoms with van der Waals surface area (Å²) in [4.78, 5) is 74.0. The molecule has 1 aromatic rings. The number of methoxy groups -OCH3 is 1. The molecule has 13 heteroatoms. The number of carbonyl (C=O) groups is 6. The summed E-state index contributed by atoms with van der Waals surface area (Å²) in [6, 6.07) is 4.87. The van der Waals surface area contributed by atoms with Gasteiger partial charge < -0.3 is 33.2 Å². The topological polar surface area (TPSA) is 167 Å². The number of ether oxygens (including phenoxy) is 7. The van der Waals surface area contributed by atoms with Gasteiger partial charge >= 0.3 is 35.8 Å². The summed E-state index contributed by atoms with van der Waals surface area (Å²) in [5, 5.41) is 0. The number of unbranched alkanes of at least 4 members (excludes halogenated alkanes) is 2. The van der Waals surface area contributed by atoms with E-state index >= 15 is 0 Å². The van der Waals surface area contributed by atoms with Gasteiger partial charge in [-0.05, 0) is 164 Å². The van der Waals surface area contributed by atoms with E-state index < -0.39 is 11.9 Å². The predicted molar refractivity (Wildman–Crippen MR) is 229 cm³/mol. The van der Waals surface area contributed by atoms with Gasteiger partial charge in [-0.1, -0.05) is 13.2 Å². The molecule has 4 aliphatic rings. The smallest absolute Gasteiger partial charge is 0.330 e. The molecule has 0 spiro atoms. The Morgan fingerprint density at radius 3 is 1.16 bits per heavy atom. The Hall–Kier alpha value is -4.68. The quantitative estimate of drug-likeness (QED) is 0.0378. The van der Waals surface area contributed by atoms with Crippen molar-refractivity contribution in [2.75, 3.05) is 33.5 Å². The molecular weight excluding hydrogens is 797 g/mol. The fraction of sp³-hybridized carbons (Fsp3) is 0.673. The van der Waals surface area contributed by atoms with Crippen LogP contribution in [0.4, 0.5) is 0 Å². The molecule has 0 unspecified atom stereocenters. The van der Waals surface area contributed by atoms with Gasteiger partial charge in [0, 0.05) is 18.2 Å². The molecule has 0 bridgehead atoms. The van der Waals surface area contributed by atoms with Crippen molar-refractivity contribution in [1.29, 1.82) is 0 Å². The van der Waals surface area contributed by atoms with Gasteiger partial charge in [-0.2, -0.15) is 0 Å². The Balaban J connectivity index is 0.947. The molecule has 0 N–H and O–H groups in total. The SMILES string of the molecule is C=CC(=O)OCCCCOC(=O)C1CCC(C2CCC(C(=O)Oc3ccc(OC(=O)C4CCC(C5CCC(C(=O)OCCCCOC(=O)C=C)CC5)CC4)c(OC)c3)CC2)CC1. The van der Waals surface area contributed by atoms with E-state index in [1.165, 1.54) is 7.11 Å². The van der Waals surface area contributed by atoms with Crippen LogP contribution in [0.25, 0.3) is 0 Å². The maximum atomic E-state index is 13.3. The Morgan fingerprint density at radius 2 is 0.806 bits per heavy atom. The standard InChI is InChI=1S/C49H68O13/c1-4-44(50)57-28-6-8-30-59-46(52)37-18-10-33(11-19-37)35-14-22-39(23-15-35)48(54)61-41-26-27-42(43(32-41)56-3)62-49(55)40-24-16-36(17-25-40)34-12-20-38(21-13-34)47(53)60-31-9-7-29-58-45(51)5-2/h4-5,26-27,32-40H,1-2,6-25,28-31H2,3H3. The summed E-state index contributed by atoms with van der Waals surface area (Å²) < 4.78 is 38.1. The fourth-order valence-corrected chi connectivity index (χ4v) is 9.94. The maximum absolute atomic E-state index is 13.3. The van der Waals surface area contributed by atoms with Crippen molar-refractivity contribution in [3.63, 3.8) is 0 Å². The predicted octanol–water partition coefficient (Wildman–Crippen LogP) is 8.84. The Morgan fingerprint density at radius 1 is 0.468 bits per heavy atom. The van der Waals surface area contributed by atoms with Crippen LogP contribution in [0.1, 0.15) is 128 Å². The lowest BCUT2D eigenvalue weighted by molar-refractivity contribution is -0.151. The minimum Gasteiger partial charge on any atom is -0.493 e. The van der Waals surface area contributed by atoms with E-state index in [9.17, 15) is 28.8 Å². The lowest BCUT2D eigenvalue weighted by Crippen LogP contribution is -2.31. The van der Waals surface area contributed by atoms with Gasteiger partial charge in [-0.25, -0.2) is 9.59 Å². The van der Waals surface area contributed by atoms with E-state index in [0.29, 0.717) is 79.8 Å². The third-order valence-electron chi connectivity index (χ3n) is 13.7. The third kappa shape index (κ3) is 15.0. The molecule has 5 rings (SSSR count). The van der Waals surface area contributed by atoms with Gasteiger partial charge in [0.15, 0.2) is 11.5 Å². The largest absolute Gasteiger partial charge is 0.493 e. The zero-order valence-corrected chi connectivity index (χ0v) is 36.7. The van der Waals surface area contributed by atoms with Crippen molar-refractivity contribution >= 4 is 35.8 Å². The second kappa shape index (κ2) is 25.4. The van der Waals surface area contributed by atoms with Gasteiger partial charge in [0.25, 0.3) is 0 Å². The lowest BCUT2D eigenvalue weighted by Gasteiger charge is -2.36. The molecule has 0 amide bonds. The summed E-state index contributed by atoms with van der Waals surface area (Å²) in [5.74, 6) is 0.877. The molecular formula is C49H68O13. The van der Waals surface area contributed by atoms with E-state index in [0.717, 1.165) is 115 Å². The van der Waals surface area contributed by atoms with E-state index in [1.54, 1.807) is 18.2 Å². The molecule has 13 nitrogen and oxygen atoms in total. The molecule has 4 aliphatic carbocycles. The van der Waals surface area contributed by atoms with Crippen molar-refractivity contribution in [3.05, 3.63) is 43.5 Å². The number of hydrogen-bond acceptors (Lipinski definition) is 13. The van der Waals surface area contributed by atoms with Crippen molar-refractivity contribution in [3.8, 4) is 17.2 Å². The average Bonchev–Trinajstić information content (AvgIpc) is 3.31. The van der Waals surface area contributed by atoms with Crippen LogP contribution in [-0.2, 0) is 47.7 Å². The first-order chi connectivity index (χ1) is 30.1. The van der Waals surface area contributed by atoms with Crippen LogP contribution >= 0.6 is 0 Å². The number of esters is 6. The van der Waals surface area contributed by atoms with Gasteiger partial charge in [0.05, 0.1) is 57.2 Å². The van der Waals surface area contributed by atoms with E-state index in [-0.39, 0.29) is 60.8 Å². The van der Waals surface area contributed by atoms with Crippen molar-refractivity contribution < 1.29 is 61.9 Å². The highest BCUT2D eigenvalue weighted by Gasteiger charge is 2.37. The van der Waals surface area contributed by atoms with Crippen molar-refractivity contribution in [1.82, 2.24) is 0 Å². The van der Waals surface area contributed by atoms with E-state index in [2.05, 4.69) is 13.2 Å². The van der Waals surface area contributed by atoms with Crippen LogP contribution in [0.2, 0.25) is 0 Å². The van der Waals surface area contributed by atoms with Gasteiger partial charge in [-0.3, -0.25) is 19.2 Å². The van der Waals surface area contributed by atoms with Crippen molar-refractivity contribution in [2.45, 2.75) is 128 Å². The van der Waals surface area contributed by atoms with Gasteiger partial charge in [-0.15, -0.1) is 0 Å². The van der Waals surface area contributed by atoms with Gasteiger partial charge in [0.2, 0.25) is 0 Å². The summed E-state index contributed by atoms with van der Waals surface area (Å²) >= 11 is 0. The van der Waals surface area contributed by atoms with Crippen LogP contribution in [0.3, 0.4) is 0 Å². The molecule has 0 saturated heterocycles. The average molecular weight is 865 g/mol. The molecule has 342 valence electrons. The number of hydrogen-bond donors (Lipinski definition) is 0. The molecule has 62 heavy (non-hydrogen) atoms. The van der Waals surface area contributed by atoms with Crippen molar-refractivity contribution in [2.24, 2.45) is 47.3 Å². The zero-order chi connectivity index (χ0) is 44.3. The summed E-state index contributed by atoms with van der Waals surface area (Å²) in [5.41, 5.74) is 0. The highest BCUT2D eigenvalue weighted by Crippen LogP contribution is 2.44. The van der Waals surface area contributed by atoms with Crippen LogP contribution in [0, 0.1) is 47.3 Å². The van der Waals surface area contributed by atoms with E-state index in [4.69, 9.17) is 33.2 Å². The lowest BCUT2D eigenvalue weighted by atomic mass is 9.69. The molecule has 4 fully saturated rings. The molecule has 1 aromatic carbocycles. The number of carbonyl (C=O) groups excluding carboxylic acids is 6. The second-order valence-corrected chi connectivity index (χ2v) is 17.6. The first kappa shape index (κ1) is 48.4. The highest BCUT2D eigenvalue weighted by atomic mass is 16.6. The molecule has 0 aromatic heterocycles. The maximum Gasteiger partial charge on any atom is 0.330 e. The molecule has 0 aliphatic heterocycles. The van der Waals surface area contributed by atoms with Crippen LogP contribution in [0.15, 0.2) is 43.5 Å². The Bertz CT molecular complexity index is 1650. The van der Waals surface area contributed by atoms with Gasteiger partial charge in [0.1, 0.15) is 5.75 Å². The van der Waals surface area contributed by atoms with Crippen LogP contribution in [0.5, 0.6) is 17.2 Å². The second-order valence-electron chi connectivity index (χ2n) is 17.6. The summed E-state index contributed by atoms with van der Waals surface area (Å²) in [6.07, 6.45) is 18.9. The molecule has 0 heterocycles. The van der Waals surface area contributed by atoms with E-state index in [1.807, 2.05) is 0 Å². The Kier molecular flexibility index (Phi) is 19.8. The monoisotopic (exact) mass is 864 g/mol. The first-order valence-electron chi connectivity index (χ1n) is 23.1. The number of benzene rings is 1. The minimum atomic E-state index is -0.450. The fourth-order valence-electron chi connectivity index (χ4n) is 9.94.